The smallest absolute Gasteiger partial charge is 0.306 e. The van der Waals surface area contributed by atoms with Crippen LogP contribution in [0.2, 0.25) is 0 Å². The van der Waals surface area contributed by atoms with Crippen LogP contribution in [0.15, 0.2) is 42.7 Å². The van der Waals surface area contributed by atoms with Gasteiger partial charge >= 0.3 is 5.69 Å². The molecule has 0 aliphatic carbocycles. The second-order valence-corrected chi connectivity index (χ2v) is 6.30. The van der Waals surface area contributed by atoms with Crippen LogP contribution in [0.5, 0.6) is 0 Å². The van der Waals surface area contributed by atoms with Crippen LogP contribution in [0.25, 0.3) is 0 Å². The summed E-state index contributed by atoms with van der Waals surface area (Å²) >= 11 is 0. The molecule has 27 heavy (non-hydrogen) atoms. The fourth-order valence-electron chi connectivity index (χ4n) is 2.76. The van der Waals surface area contributed by atoms with Crippen molar-refractivity contribution in [3.8, 4) is 0 Å². The van der Waals surface area contributed by atoms with E-state index >= 15 is 0 Å². The zero-order valence-corrected chi connectivity index (χ0v) is 15.1. The first-order valence-corrected chi connectivity index (χ1v) is 8.47. The number of benzene rings is 1. The van der Waals surface area contributed by atoms with Gasteiger partial charge in [0.25, 0.3) is 0 Å². The van der Waals surface area contributed by atoms with E-state index in [1.54, 1.807) is 0 Å². The number of nitro groups is 1. The van der Waals surface area contributed by atoms with Gasteiger partial charge in [-0.1, -0.05) is 12.1 Å². The van der Waals surface area contributed by atoms with Crippen LogP contribution in [-0.4, -0.2) is 30.4 Å². The van der Waals surface area contributed by atoms with Gasteiger partial charge in [0.1, 0.15) is 12.4 Å². The van der Waals surface area contributed by atoms with Crippen LogP contribution in [0.4, 0.5) is 11.4 Å². The first-order valence-electron chi connectivity index (χ1n) is 8.47. The third-order valence-electron chi connectivity index (χ3n) is 4.04. The van der Waals surface area contributed by atoms with Crippen LogP contribution >= 0.6 is 0 Å². The summed E-state index contributed by atoms with van der Waals surface area (Å²) in [5, 5.41) is 21.8. The predicted molar refractivity (Wildman–Crippen MR) is 99.4 cm³/mol. The van der Waals surface area contributed by atoms with Gasteiger partial charge in [0.2, 0.25) is 5.91 Å². The molecule has 1 aromatic carbocycles. The molecule has 3 rings (SSSR count). The predicted octanol–water partition coefficient (Wildman–Crippen LogP) is 2.68. The third kappa shape index (κ3) is 4.78. The normalized spacial score (nSPS) is 10.7. The largest absolute Gasteiger partial charge is 0.326 e. The highest BCUT2D eigenvalue weighted by Gasteiger charge is 2.10. The third-order valence-corrected chi connectivity index (χ3v) is 4.04. The van der Waals surface area contributed by atoms with E-state index in [0.717, 1.165) is 17.0 Å². The zero-order chi connectivity index (χ0) is 19.4. The molecule has 0 aliphatic heterocycles. The first-order chi connectivity index (χ1) is 12.9. The monoisotopic (exact) mass is 368 g/mol. The van der Waals surface area contributed by atoms with Gasteiger partial charge in [0, 0.05) is 24.3 Å². The Morgan fingerprint density at radius 3 is 2.78 bits per heavy atom. The summed E-state index contributed by atoms with van der Waals surface area (Å²) in [5.41, 5.74) is 3.69. The van der Waals surface area contributed by atoms with Gasteiger partial charge in [-0.25, -0.2) is 0 Å². The lowest BCUT2D eigenvalue weighted by atomic mass is 10.2. The minimum atomic E-state index is -0.516. The van der Waals surface area contributed by atoms with Gasteiger partial charge in [0.15, 0.2) is 0 Å². The number of amides is 1. The van der Waals surface area contributed by atoms with E-state index in [1.807, 2.05) is 48.9 Å². The fraction of sp³-hybridized carbons (Fsp3) is 0.278. The summed E-state index contributed by atoms with van der Waals surface area (Å²) in [6, 6.07) is 9.61. The van der Waals surface area contributed by atoms with Crippen molar-refractivity contribution in [3.05, 3.63) is 69.8 Å². The van der Waals surface area contributed by atoms with Crippen LogP contribution in [0.3, 0.4) is 0 Å². The van der Waals surface area contributed by atoms with E-state index in [1.165, 1.54) is 17.1 Å². The van der Waals surface area contributed by atoms with Crippen molar-refractivity contribution in [2.45, 2.75) is 33.4 Å². The Labute approximate surface area is 155 Å². The molecule has 0 saturated carbocycles. The topological polar surface area (TPSA) is 108 Å². The molecule has 0 bridgehead atoms. The average Bonchev–Trinajstić information content (AvgIpc) is 3.20. The molecule has 0 spiro atoms. The summed E-state index contributed by atoms with van der Waals surface area (Å²) in [6.45, 7) is 4.85. The number of hydrogen-bond donors (Lipinski definition) is 1. The number of aryl methyl sites for hydroxylation is 3. The lowest BCUT2D eigenvalue weighted by Gasteiger charge is -2.09. The molecule has 2 aromatic heterocycles. The summed E-state index contributed by atoms with van der Waals surface area (Å²) < 4.78 is 3.30. The lowest BCUT2D eigenvalue weighted by Crippen LogP contribution is -2.15. The standard InChI is InChI=1S/C18H20N6O3/c1-13-8-14(2)23(21-13)11-15-4-3-5-16(9-15)20-18(25)6-7-22-12-17(10-19-22)24(26)27/h3-5,8-10,12H,6-7,11H2,1-2H3,(H,20,25). The molecule has 140 valence electrons. The van der Waals surface area contributed by atoms with Crippen LogP contribution in [-0.2, 0) is 17.9 Å². The number of aromatic nitrogens is 4. The van der Waals surface area contributed by atoms with E-state index in [4.69, 9.17) is 0 Å². The minimum Gasteiger partial charge on any atom is -0.326 e. The molecule has 1 N–H and O–H groups in total. The van der Waals surface area contributed by atoms with Gasteiger partial charge in [-0.05, 0) is 37.6 Å². The first kappa shape index (κ1) is 18.3. The molecule has 0 unspecified atom stereocenters. The van der Waals surface area contributed by atoms with Crippen molar-refractivity contribution in [2.24, 2.45) is 0 Å². The fourth-order valence-corrected chi connectivity index (χ4v) is 2.76. The van der Waals surface area contributed by atoms with Crippen molar-refractivity contribution >= 4 is 17.3 Å². The number of carbonyl (C=O) groups excluding carboxylic acids is 1. The molecule has 0 radical (unpaired) electrons. The Bertz CT molecular complexity index is 975. The van der Waals surface area contributed by atoms with E-state index in [-0.39, 0.29) is 24.6 Å². The average molecular weight is 368 g/mol. The van der Waals surface area contributed by atoms with Crippen molar-refractivity contribution in [1.29, 1.82) is 0 Å². The Morgan fingerprint density at radius 1 is 1.30 bits per heavy atom. The zero-order valence-electron chi connectivity index (χ0n) is 15.1. The minimum absolute atomic E-state index is 0.0905. The van der Waals surface area contributed by atoms with Gasteiger partial charge in [0.05, 0.1) is 17.2 Å². The molecule has 2 heterocycles. The maximum Gasteiger partial charge on any atom is 0.306 e. The summed E-state index contributed by atoms with van der Waals surface area (Å²) in [7, 11) is 0. The van der Waals surface area contributed by atoms with Gasteiger partial charge in [-0.2, -0.15) is 10.2 Å². The Kier molecular flexibility index (Phi) is 5.30. The molecule has 0 aliphatic rings. The molecule has 3 aromatic rings. The Hall–Kier alpha value is -3.49. The molecular weight excluding hydrogens is 348 g/mol. The maximum absolute atomic E-state index is 12.1. The number of nitrogens with one attached hydrogen (secondary N) is 1. The van der Waals surface area contributed by atoms with E-state index in [2.05, 4.69) is 15.5 Å². The number of nitrogens with zero attached hydrogens (tertiary/aromatic N) is 5. The maximum atomic E-state index is 12.1. The van der Waals surface area contributed by atoms with Gasteiger partial charge < -0.3 is 5.32 Å². The lowest BCUT2D eigenvalue weighted by molar-refractivity contribution is -0.385. The summed E-state index contributed by atoms with van der Waals surface area (Å²) in [6.07, 6.45) is 2.64. The molecule has 9 nitrogen and oxygen atoms in total. The molecule has 9 heteroatoms. The van der Waals surface area contributed by atoms with Gasteiger partial charge in [-0.3, -0.25) is 24.3 Å². The van der Waals surface area contributed by atoms with Crippen LogP contribution < -0.4 is 5.32 Å². The number of anilines is 1. The SMILES string of the molecule is Cc1cc(C)n(Cc2cccc(NC(=O)CCn3cc([N+](=O)[O-])cn3)c2)n1. The van der Waals surface area contributed by atoms with Crippen molar-refractivity contribution < 1.29 is 9.72 Å². The molecule has 0 fully saturated rings. The quantitative estimate of drug-likeness (QED) is 0.509. The summed E-state index contributed by atoms with van der Waals surface area (Å²) in [4.78, 5) is 22.3. The van der Waals surface area contributed by atoms with Gasteiger partial charge in [-0.15, -0.1) is 0 Å². The molecule has 1 amide bonds. The number of carbonyl (C=O) groups is 1. The second-order valence-electron chi connectivity index (χ2n) is 6.30. The Morgan fingerprint density at radius 2 is 2.11 bits per heavy atom. The highest BCUT2D eigenvalue weighted by Crippen LogP contribution is 2.14. The molecule has 0 atom stereocenters. The Balaban J connectivity index is 1.57. The van der Waals surface area contributed by atoms with Crippen molar-refractivity contribution in [3.63, 3.8) is 0 Å². The van der Waals surface area contributed by atoms with Crippen molar-refractivity contribution in [1.82, 2.24) is 19.6 Å². The van der Waals surface area contributed by atoms with Crippen LogP contribution in [0, 0.1) is 24.0 Å². The highest BCUT2D eigenvalue weighted by molar-refractivity contribution is 5.90. The highest BCUT2D eigenvalue weighted by atomic mass is 16.6. The number of hydrogen-bond acceptors (Lipinski definition) is 5. The van der Waals surface area contributed by atoms with E-state index in [0.29, 0.717) is 12.2 Å². The van der Waals surface area contributed by atoms with Crippen LogP contribution in [0.1, 0.15) is 23.4 Å². The van der Waals surface area contributed by atoms with E-state index < -0.39 is 4.92 Å². The molecule has 0 saturated heterocycles. The second kappa shape index (κ2) is 7.81. The molecular formula is C18H20N6O3. The summed E-state index contributed by atoms with van der Waals surface area (Å²) in [5.74, 6) is -0.184. The number of rotatable bonds is 7. The van der Waals surface area contributed by atoms with E-state index in [9.17, 15) is 14.9 Å². The van der Waals surface area contributed by atoms with Crippen molar-refractivity contribution in [2.75, 3.05) is 5.32 Å².